The molecular formula is C21H27N3O3. The molecule has 0 saturated carbocycles. The van der Waals surface area contributed by atoms with E-state index in [2.05, 4.69) is 15.5 Å². The standard InChI is InChI=1S/C21H27N3O3/c1-4-27-19-13-9-8-12-18(19)21(26)23-15-20(25)22-14-16(2)24(3)17-10-6-5-7-11-17/h5-13,16H,4,14-15H2,1-3H3,(H,22,25)(H,23,26). The highest BCUT2D eigenvalue weighted by Crippen LogP contribution is 2.17. The highest BCUT2D eigenvalue weighted by atomic mass is 16.5. The largest absolute Gasteiger partial charge is 0.493 e. The molecule has 0 fully saturated rings. The van der Waals surface area contributed by atoms with Crippen molar-refractivity contribution in [1.29, 1.82) is 0 Å². The number of anilines is 1. The SMILES string of the molecule is CCOc1ccccc1C(=O)NCC(=O)NCC(C)N(C)c1ccccc1. The number of nitrogens with one attached hydrogen (secondary N) is 2. The molecule has 0 bridgehead atoms. The average Bonchev–Trinajstić information content (AvgIpc) is 2.71. The molecule has 1 unspecified atom stereocenters. The molecule has 2 aromatic rings. The Balaban J connectivity index is 1.80. The zero-order valence-electron chi connectivity index (χ0n) is 16.1. The summed E-state index contributed by atoms with van der Waals surface area (Å²) in [5.74, 6) is -0.0507. The molecule has 144 valence electrons. The molecule has 0 heterocycles. The zero-order valence-corrected chi connectivity index (χ0v) is 16.1. The van der Waals surface area contributed by atoms with E-state index in [4.69, 9.17) is 4.74 Å². The van der Waals surface area contributed by atoms with E-state index in [9.17, 15) is 9.59 Å². The fraction of sp³-hybridized carbons (Fsp3) is 0.333. The topological polar surface area (TPSA) is 70.7 Å². The summed E-state index contributed by atoms with van der Waals surface area (Å²) in [6, 6.07) is 17.1. The molecule has 6 heteroatoms. The van der Waals surface area contributed by atoms with Crippen LogP contribution in [0.25, 0.3) is 0 Å². The summed E-state index contributed by atoms with van der Waals surface area (Å²) in [7, 11) is 1.98. The normalized spacial score (nSPS) is 11.4. The molecule has 6 nitrogen and oxygen atoms in total. The van der Waals surface area contributed by atoms with Gasteiger partial charge in [0.1, 0.15) is 5.75 Å². The van der Waals surface area contributed by atoms with Crippen molar-refractivity contribution >= 4 is 17.5 Å². The Morgan fingerprint density at radius 3 is 2.41 bits per heavy atom. The first-order valence-electron chi connectivity index (χ1n) is 9.07. The summed E-state index contributed by atoms with van der Waals surface area (Å²) in [5.41, 5.74) is 1.50. The van der Waals surface area contributed by atoms with Gasteiger partial charge in [-0.25, -0.2) is 0 Å². The van der Waals surface area contributed by atoms with E-state index in [-0.39, 0.29) is 24.4 Å². The Morgan fingerprint density at radius 2 is 1.70 bits per heavy atom. The third-order valence-electron chi connectivity index (χ3n) is 4.26. The number of amides is 2. The molecule has 0 aliphatic heterocycles. The van der Waals surface area contributed by atoms with Crippen LogP contribution in [0.1, 0.15) is 24.2 Å². The van der Waals surface area contributed by atoms with Gasteiger partial charge >= 0.3 is 0 Å². The molecule has 0 aliphatic carbocycles. The van der Waals surface area contributed by atoms with E-state index in [1.165, 1.54) is 0 Å². The van der Waals surface area contributed by atoms with Gasteiger partial charge in [0.25, 0.3) is 5.91 Å². The molecule has 2 amide bonds. The zero-order chi connectivity index (χ0) is 19.6. The summed E-state index contributed by atoms with van der Waals surface area (Å²) in [4.78, 5) is 26.5. The number of carbonyl (C=O) groups excluding carboxylic acids is 2. The van der Waals surface area contributed by atoms with E-state index >= 15 is 0 Å². The van der Waals surface area contributed by atoms with E-state index < -0.39 is 0 Å². The van der Waals surface area contributed by atoms with Crippen molar-refractivity contribution in [3.05, 3.63) is 60.2 Å². The maximum Gasteiger partial charge on any atom is 0.255 e. The molecule has 2 N–H and O–H groups in total. The number of likely N-dealkylation sites (N-methyl/N-ethyl adjacent to an activating group) is 1. The Kier molecular flexibility index (Phi) is 7.67. The molecule has 0 aliphatic rings. The highest BCUT2D eigenvalue weighted by Gasteiger charge is 2.14. The predicted octanol–water partition coefficient (Wildman–Crippen LogP) is 2.46. The van der Waals surface area contributed by atoms with Crippen molar-refractivity contribution < 1.29 is 14.3 Å². The van der Waals surface area contributed by atoms with Crippen molar-refractivity contribution in [2.45, 2.75) is 19.9 Å². The van der Waals surface area contributed by atoms with Gasteiger partial charge in [-0.3, -0.25) is 9.59 Å². The monoisotopic (exact) mass is 369 g/mol. The fourth-order valence-corrected chi connectivity index (χ4v) is 2.57. The minimum Gasteiger partial charge on any atom is -0.493 e. The Bertz CT molecular complexity index is 749. The summed E-state index contributed by atoms with van der Waals surface area (Å²) in [6.07, 6.45) is 0. The van der Waals surface area contributed by atoms with Crippen LogP contribution in [0.5, 0.6) is 5.75 Å². The lowest BCUT2D eigenvalue weighted by molar-refractivity contribution is -0.120. The van der Waals surface area contributed by atoms with Crippen LogP contribution in [0.15, 0.2) is 54.6 Å². The second kappa shape index (κ2) is 10.2. The van der Waals surface area contributed by atoms with Crippen LogP contribution >= 0.6 is 0 Å². The Hall–Kier alpha value is -3.02. The van der Waals surface area contributed by atoms with Crippen molar-refractivity contribution in [3.8, 4) is 5.75 Å². The first-order chi connectivity index (χ1) is 13.0. The maximum atomic E-state index is 12.3. The van der Waals surface area contributed by atoms with Gasteiger partial charge in [0.2, 0.25) is 5.91 Å². The van der Waals surface area contributed by atoms with Crippen LogP contribution in [0.2, 0.25) is 0 Å². The molecular weight excluding hydrogens is 342 g/mol. The van der Waals surface area contributed by atoms with E-state index in [0.29, 0.717) is 24.5 Å². The lowest BCUT2D eigenvalue weighted by atomic mass is 10.2. The second-order valence-corrected chi connectivity index (χ2v) is 6.21. The molecule has 0 saturated heterocycles. The van der Waals surface area contributed by atoms with E-state index in [1.54, 1.807) is 24.3 Å². The van der Waals surface area contributed by atoms with E-state index in [1.807, 2.05) is 51.2 Å². The third kappa shape index (κ3) is 6.02. The minimum atomic E-state index is -0.330. The molecule has 2 rings (SSSR count). The fourth-order valence-electron chi connectivity index (χ4n) is 2.57. The number of nitrogens with zero attached hydrogens (tertiary/aromatic N) is 1. The lowest BCUT2D eigenvalue weighted by Crippen LogP contribution is -2.43. The van der Waals surface area contributed by atoms with Gasteiger partial charge in [-0.1, -0.05) is 30.3 Å². The van der Waals surface area contributed by atoms with Crippen LogP contribution in [0.4, 0.5) is 5.69 Å². The molecule has 2 aromatic carbocycles. The number of rotatable bonds is 9. The smallest absolute Gasteiger partial charge is 0.255 e. The van der Waals surface area contributed by atoms with Crippen molar-refractivity contribution in [3.63, 3.8) is 0 Å². The number of ether oxygens (including phenoxy) is 1. The van der Waals surface area contributed by atoms with Gasteiger partial charge in [0.15, 0.2) is 0 Å². The van der Waals surface area contributed by atoms with Crippen LogP contribution in [-0.4, -0.2) is 44.6 Å². The van der Waals surface area contributed by atoms with Gasteiger partial charge in [-0.2, -0.15) is 0 Å². The van der Waals surface area contributed by atoms with Crippen molar-refractivity contribution in [1.82, 2.24) is 10.6 Å². The first-order valence-corrected chi connectivity index (χ1v) is 9.07. The van der Waals surface area contributed by atoms with Crippen molar-refractivity contribution in [2.24, 2.45) is 0 Å². The van der Waals surface area contributed by atoms with Gasteiger partial charge in [0.05, 0.1) is 18.7 Å². The van der Waals surface area contributed by atoms with Crippen LogP contribution in [0.3, 0.4) is 0 Å². The highest BCUT2D eigenvalue weighted by molar-refractivity contribution is 5.98. The first kappa shape index (κ1) is 20.3. The average molecular weight is 369 g/mol. The van der Waals surface area contributed by atoms with Crippen LogP contribution in [-0.2, 0) is 4.79 Å². The number of benzene rings is 2. The summed E-state index contributed by atoms with van der Waals surface area (Å²) >= 11 is 0. The van der Waals surface area contributed by atoms with Crippen molar-refractivity contribution in [2.75, 3.05) is 31.6 Å². The van der Waals surface area contributed by atoms with E-state index in [0.717, 1.165) is 5.69 Å². The molecule has 27 heavy (non-hydrogen) atoms. The lowest BCUT2D eigenvalue weighted by Gasteiger charge is -2.27. The van der Waals surface area contributed by atoms with Crippen LogP contribution in [0, 0.1) is 0 Å². The quantitative estimate of drug-likeness (QED) is 0.712. The number of hydrogen-bond acceptors (Lipinski definition) is 4. The predicted molar refractivity (Wildman–Crippen MR) is 107 cm³/mol. The van der Waals surface area contributed by atoms with Gasteiger partial charge in [0, 0.05) is 25.3 Å². The van der Waals surface area contributed by atoms with Gasteiger partial charge in [-0.15, -0.1) is 0 Å². The molecule has 1 atom stereocenters. The Labute approximate surface area is 160 Å². The summed E-state index contributed by atoms with van der Waals surface area (Å²) in [6.45, 7) is 4.76. The molecule has 0 spiro atoms. The second-order valence-electron chi connectivity index (χ2n) is 6.21. The van der Waals surface area contributed by atoms with Crippen LogP contribution < -0.4 is 20.3 Å². The third-order valence-corrected chi connectivity index (χ3v) is 4.26. The Morgan fingerprint density at radius 1 is 1.04 bits per heavy atom. The summed E-state index contributed by atoms with van der Waals surface area (Å²) < 4.78 is 5.45. The molecule has 0 aromatic heterocycles. The number of carbonyl (C=O) groups is 2. The minimum absolute atomic E-state index is 0.0823. The number of hydrogen-bond donors (Lipinski definition) is 2. The summed E-state index contributed by atoms with van der Waals surface area (Å²) in [5, 5.41) is 5.49. The van der Waals surface area contributed by atoms with Gasteiger partial charge in [-0.05, 0) is 38.1 Å². The molecule has 0 radical (unpaired) electrons. The number of para-hydroxylation sites is 2. The maximum absolute atomic E-state index is 12.3. The van der Waals surface area contributed by atoms with Gasteiger partial charge < -0.3 is 20.3 Å².